The zero-order valence-electron chi connectivity index (χ0n) is 13.3. The van der Waals surface area contributed by atoms with E-state index in [-0.39, 0.29) is 11.6 Å². The Morgan fingerprint density at radius 3 is 2.80 bits per heavy atom. The van der Waals surface area contributed by atoms with E-state index in [9.17, 15) is 10.1 Å². The second-order valence-electron chi connectivity index (χ2n) is 6.22. The molecule has 2 aromatic heterocycles. The summed E-state index contributed by atoms with van der Waals surface area (Å²) in [6.07, 6.45) is 8.40. The third kappa shape index (κ3) is 2.68. The molecule has 0 bridgehead atoms. The van der Waals surface area contributed by atoms with Crippen LogP contribution < -0.4 is 5.73 Å². The van der Waals surface area contributed by atoms with E-state index in [0.717, 1.165) is 25.7 Å². The van der Waals surface area contributed by atoms with Crippen LogP contribution in [0, 0.1) is 10.1 Å². The number of rotatable bonds is 4. The van der Waals surface area contributed by atoms with Crippen LogP contribution in [0.1, 0.15) is 31.5 Å². The van der Waals surface area contributed by atoms with E-state index in [4.69, 9.17) is 10.3 Å². The molecule has 3 aromatic rings. The summed E-state index contributed by atoms with van der Waals surface area (Å²) in [5.74, 6) is 0.688. The predicted octanol–water partition coefficient (Wildman–Crippen LogP) is 2.56. The number of hydrogen-bond donors (Lipinski definition) is 1. The van der Waals surface area contributed by atoms with Crippen molar-refractivity contribution in [2.24, 2.45) is 5.73 Å². The highest BCUT2D eigenvalue weighted by molar-refractivity contribution is 5.65. The van der Waals surface area contributed by atoms with Gasteiger partial charge in [-0.1, -0.05) is 18.0 Å². The summed E-state index contributed by atoms with van der Waals surface area (Å²) in [4.78, 5) is 19.3. The van der Waals surface area contributed by atoms with Gasteiger partial charge in [-0.15, -0.1) is 0 Å². The standard InChI is InChI=1S/C16H16N6O3/c17-16(5-1-2-6-16)15-19-14(25-20-15)11-3-4-12(13(9-11)22(23)24)21-8-7-18-10-21/h3-4,7-10H,1-2,5-6,17H2. The molecule has 2 heterocycles. The first-order valence-corrected chi connectivity index (χ1v) is 7.97. The van der Waals surface area contributed by atoms with E-state index in [0.29, 0.717) is 17.1 Å². The maximum absolute atomic E-state index is 11.5. The summed E-state index contributed by atoms with van der Waals surface area (Å²) in [6.45, 7) is 0. The average Bonchev–Trinajstić information content (AvgIpc) is 3.36. The Bertz CT molecular complexity index is 912. The van der Waals surface area contributed by atoms with Crippen LogP contribution in [0.2, 0.25) is 0 Å². The first kappa shape index (κ1) is 15.5. The van der Waals surface area contributed by atoms with Gasteiger partial charge in [0.2, 0.25) is 0 Å². The van der Waals surface area contributed by atoms with Crippen LogP contribution in [-0.4, -0.2) is 24.6 Å². The second kappa shape index (κ2) is 5.78. The highest BCUT2D eigenvalue weighted by atomic mass is 16.6. The van der Waals surface area contributed by atoms with E-state index in [1.165, 1.54) is 12.4 Å². The summed E-state index contributed by atoms with van der Waals surface area (Å²) in [7, 11) is 0. The summed E-state index contributed by atoms with van der Waals surface area (Å²) in [5.41, 5.74) is 6.60. The topological polar surface area (TPSA) is 126 Å². The minimum Gasteiger partial charge on any atom is -0.334 e. The van der Waals surface area contributed by atoms with Crippen LogP contribution in [0.25, 0.3) is 17.1 Å². The second-order valence-corrected chi connectivity index (χ2v) is 6.22. The van der Waals surface area contributed by atoms with E-state index >= 15 is 0 Å². The number of nitrogens with two attached hydrogens (primary N) is 1. The van der Waals surface area contributed by atoms with Crippen LogP contribution in [0.3, 0.4) is 0 Å². The lowest BCUT2D eigenvalue weighted by atomic mass is 9.99. The number of nitrogens with zero attached hydrogens (tertiary/aromatic N) is 5. The molecule has 4 rings (SSSR count). The summed E-state index contributed by atoms with van der Waals surface area (Å²) >= 11 is 0. The summed E-state index contributed by atoms with van der Waals surface area (Å²) in [5, 5.41) is 15.4. The van der Waals surface area contributed by atoms with Crippen molar-refractivity contribution in [1.29, 1.82) is 0 Å². The van der Waals surface area contributed by atoms with Crippen LogP contribution in [0.15, 0.2) is 41.4 Å². The number of nitro benzene ring substituents is 1. The third-order valence-electron chi connectivity index (χ3n) is 4.57. The smallest absolute Gasteiger partial charge is 0.294 e. The van der Waals surface area contributed by atoms with Gasteiger partial charge in [0, 0.05) is 24.0 Å². The van der Waals surface area contributed by atoms with Crippen molar-refractivity contribution in [3.63, 3.8) is 0 Å². The minimum absolute atomic E-state index is 0.0708. The molecule has 9 heteroatoms. The van der Waals surface area contributed by atoms with Crippen molar-refractivity contribution in [2.45, 2.75) is 31.2 Å². The summed E-state index contributed by atoms with van der Waals surface area (Å²) in [6, 6.07) is 4.76. The Labute approximate surface area is 142 Å². The number of benzene rings is 1. The van der Waals surface area contributed by atoms with Crippen LogP contribution in [0.5, 0.6) is 0 Å². The molecule has 9 nitrogen and oxygen atoms in total. The van der Waals surface area contributed by atoms with Crippen molar-refractivity contribution in [1.82, 2.24) is 19.7 Å². The van der Waals surface area contributed by atoms with Crippen molar-refractivity contribution in [2.75, 3.05) is 0 Å². The molecule has 1 aliphatic rings. The van der Waals surface area contributed by atoms with Crippen molar-refractivity contribution >= 4 is 5.69 Å². The van der Waals surface area contributed by atoms with Crippen LogP contribution in [0.4, 0.5) is 5.69 Å². The molecule has 0 aliphatic heterocycles. The van der Waals surface area contributed by atoms with Crippen molar-refractivity contribution in [3.8, 4) is 17.1 Å². The molecule has 128 valence electrons. The van der Waals surface area contributed by atoms with Gasteiger partial charge >= 0.3 is 0 Å². The van der Waals surface area contributed by atoms with Gasteiger partial charge in [0.25, 0.3) is 11.6 Å². The molecule has 2 N–H and O–H groups in total. The lowest BCUT2D eigenvalue weighted by molar-refractivity contribution is -0.384. The van der Waals surface area contributed by atoms with E-state index in [1.807, 2.05) is 0 Å². The molecular weight excluding hydrogens is 324 g/mol. The molecule has 1 saturated carbocycles. The SMILES string of the molecule is NC1(c2noc(-c3ccc(-n4ccnc4)c([N+](=O)[O-])c3)n2)CCCC1. The van der Waals surface area contributed by atoms with Gasteiger partial charge in [-0.3, -0.25) is 10.1 Å². The quantitative estimate of drug-likeness (QED) is 0.571. The number of hydrogen-bond acceptors (Lipinski definition) is 7. The third-order valence-corrected chi connectivity index (χ3v) is 4.57. The fourth-order valence-corrected chi connectivity index (χ4v) is 3.20. The van der Waals surface area contributed by atoms with Crippen molar-refractivity contribution < 1.29 is 9.45 Å². The molecule has 25 heavy (non-hydrogen) atoms. The van der Waals surface area contributed by atoms with E-state index < -0.39 is 10.5 Å². The van der Waals surface area contributed by atoms with Gasteiger partial charge in [-0.25, -0.2) is 4.98 Å². The molecular formula is C16H16N6O3. The Kier molecular flexibility index (Phi) is 3.57. The zero-order chi connectivity index (χ0) is 17.4. The zero-order valence-corrected chi connectivity index (χ0v) is 13.3. The Morgan fingerprint density at radius 2 is 2.12 bits per heavy atom. The maximum atomic E-state index is 11.5. The molecule has 0 radical (unpaired) electrons. The number of imidazole rings is 1. The Balaban J connectivity index is 1.73. The van der Waals surface area contributed by atoms with E-state index in [1.54, 1.807) is 29.1 Å². The molecule has 1 aliphatic carbocycles. The molecule has 0 spiro atoms. The minimum atomic E-state index is -0.565. The maximum Gasteiger partial charge on any atom is 0.294 e. The van der Waals surface area contributed by atoms with E-state index in [2.05, 4.69) is 15.1 Å². The van der Waals surface area contributed by atoms with Gasteiger partial charge in [-0.2, -0.15) is 4.98 Å². The Morgan fingerprint density at radius 1 is 1.32 bits per heavy atom. The van der Waals surface area contributed by atoms with Crippen LogP contribution >= 0.6 is 0 Å². The fraction of sp³-hybridized carbons (Fsp3) is 0.312. The van der Waals surface area contributed by atoms with Gasteiger partial charge in [0.1, 0.15) is 5.69 Å². The predicted molar refractivity (Wildman–Crippen MR) is 87.8 cm³/mol. The largest absolute Gasteiger partial charge is 0.334 e. The lowest BCUT2D eigenvalue weighted by Crippen LogP contribution is -2.34. The molecule has 1 aromatic carbocycles. The molecule has 0 atom stereocenters. The number of aromatic nitrogens is 4. The lowest BCUT2D eigenvalue weighted by Gasteiger charge is -2.17. The summed E-state index contributed by atoms with van der Waals surface area (Å²) < 4.78 is 6.89. The molecule has 0 saturated heterocycles. The van der Waals surface area contributed by atoms with Crippen molar-refractivity contribution in [3.05, 3.63) is 52.9 Å². The highest BCUT2D eigenvalue weighted by Crippen LogP contribution is 2.36. The number of nitro groups is 1. The molecule has 0 unspecified atom stereocenters. The average molecular weight is 340 g/mol. The fourth-order valence-electron chi connectivity index (χ4n) is 3.20. The van der Waals surface area contributed by atoms with Crippen LogP contribution in [-0.2, 0) is 5.54 Å². The van der Waals surface area contributed by atoms with Gasteiger partial charge < -0.3 is 14.8 Å². The molecule has 0 amide bonds. The first-order chi connectivity index (χ1) is 12.1. The Hall–Kier alpha value is -3.07. The monoisotopic (exact) mass is 340 g/mol. The normalized spacial score (nSPS) is 16.2. The first-order valence-electron chi connectivity index (χ1n) is 7.97. The van der Waals surface area contributed by atoms with Gasteiger partial charge in [0.05, 0.1) is 16.8 Å². The highest BCUT2D eigenvalue weighted by Gasteiger charge is 2.36. The van der Waals surface area contributed by atoms with Gasteiger partial charge in [0.15, 0.2) is 5.82 Å². The van der Waals surface area contributed by atoms with Gasteiger partial charge in [-0.05, 0) is 25.0 Å². The molecule has 1 fully saturated rings.